The predicted octanol–water partition coefficient (Wildman–Crippen LogP) is 0.755. The van der Waals surface area contributed by atoms with Crippen LogP contribution in [-0.4, -0.2) is 38.4 Å². The molecule has 3 heterocycles. The number of piperidine rings is 1. The van der Waals surface area contributed by atoms with Gasteiger partial charge >= 0.3 is 0 Å². The van der Waals surface area contributed by atoms with Gasteiger partial charge in [-0.1, -0.05) is 0 Å². The Hall–Kier alpha value is -2.21. The van der Waals surface area contributed by atoms with Crippen molar-refractivity contribution in [3.63, 3.8) is 0 Å². The van der Waals surface area contributed by atoms with Crippen LogP contribution < -0.4 is 4.90 Å². The molecular formula is C13H14N4O2. The average Bonchev–Trinajstić information content (AvgIpc) is 2.89. The molecule has 1 aliphatic rings. The maximum atomic E-state index is 11.9. The Morgan fingerprint density at radius 3 is 2.79 bits per heavy atom. The fraction of sp³-hybridized carbons (Fsp3) is 0.308. The maximum Gasteiger partial charge on any atom is 0.229 e. The number of carbonyl (C=O) groups is 1. The second-order valence-electron chi connectivity index (χ2n) is 4.54. The minimum Gasteiger partial charge on any atom is -0.393 e. The van der Waals surface area contributed by atoms with Gasteiger partial charge in [-0.2, -0.15) is 5.10 Å². The van der Waals surface area contributed by atoms with E-state index in [9.17, 15) is 9.90 Å². The van der Waals surface area contributed by atoms with E-state index in [1.54, 1.807) is 28.2 Å². The number of rotatable bonds is 2. The first-order chi connectivity index (χ1) is 9.24. The van der Waals surface area contributed by atoms with E-state index in [4.69, 9.17) is 0 Å². The third kappa shape index (κ3) is 2.34. The lowest BCUT2D eigenvalue weighted by molar-refractivity contribution is -0.122. The van der Waals surface area contributed by atoms with E-state index in [1.165, 1.54) is 0 Å². The van der Waals surface area contributed by atoms with Crippen LogP contribution in [0.4, 0.5) is 5.69 Å². The van der Waals surface area contributed by atoms with Gasteiger partial charge in [0.25, 0.3) is 0 Å². The highest BCUT2D eigenvalue weighted by Crippen LogP contribution is 2.21. The summed E-state index contributed by atoms with van der Waals surface area (Å²) >= 11 is 0. The summed E-state index contributed by atoms with van der Waals surface area (Å²) in [5.41, 5.74) is 1.65. The van der Waals surface area contributed by atoms with E-state index in [2.05, 4.69) is 10.1 Å². The van der Waals surface area contributed by atoms with Crippen molar-refractivity contribution in [3.05, 3.63) is 36.9 Å². The molecule has 98 valence electrons. The summed E-state index contributed by atoms with van der Waals surface area (Å²) in [5, 5.41) is 13.7. The van der Waals surface area contributed by atoms with Crippen molar-refractivity contribution >= 4 is 11.6 Å². The summed E-state index contributed by atoms with van der Waals surface area (Å²) in [6.45, 7) is 0.530. The molecule has 2 aromatic rings. The molecule has 1 saturated heterocycles. The number of nitrogens with zero attached hydrogens (tertiary/aromatic N) is 4. The first kappa shape index (κ1) is 11.9. The molecule has 6 nitrogen and oxygen atoms in total. The van der Waals surface area contributed by atoms with Gasteiger partial charge in [-0.15, -0.1) is 0 Å². The van der Waals surface area contributed by atoms with Gasteiger partial charge in [0.1, 0.15) is 0 Å². The highest BCUT2D eigenvalue weighted by Gasteiger charge is 2.26. The van der Waals surface area contributed by atoms with Crippen LogP contribution in [0, 0.1) is 0 Å². The fourth-order valence-electron chi connectivity index (χ4n) is 2.18. The largest absolute Gasteiger partial charge is 0.393 e. The van der Waals surface area contributed by atoms with Gasteiger partial charge in [-0.25, -0.2) is 4.68 Å². The second-order valence-corrected chi connectivity index (χ2v) is 4.54. The Labute approximate surface area is 110 Å². The molecule has 1 atom stereocenters. The van der Waals surface area contributed by atoms with Crippen LogP contribution in [0.1, 0.15) is 12.8 Å². The highest BCUT2D eigenvalue weighted by molar-refractivity contribution is 5.94. The maximum absolute atomic E-state index is 11.9. The standard InChI is InChI=1S/C13H14N4O2/c18-12-3-6-16(13(19)7-12)11-8-15-17(9-11)10-1-4-14-5-2-10/h1-2,4-5,8-9,12,18H,3,6-7H2. The van der Waals surface area contributed by atoms with Crippen molar-refractivity contribution < 1.29 is 9.90 Å². The number of aliphatic hydroxyl groups excluding tert-OH is 1. The van der Waals surface area contributed by atoms with Gasteiger partial charge in [-0.3, -0.25) is 9.78 Å². The smallest absolute Gasteiger partial charge is 0.229 e. The van der Waals surface area contributed by atoms with Crippen LogP contribution >= 0.6 is 0 Å². The number of hydrogen-bond acceptors (Lipinski definition) is 4. The lowest BCUT2D eigenvalue weighted by Gasteiger charge is -2.28. The summed E-state index contributed by atoms with van der Waals surface area (Å²) < 4.78 is 1.70. The van der Waals surface area contributed by atoms with Gasteiger partial charge in [0.05, 0.1) is 36.3 Å². The first-order valence-corrected chi connectivity index (χ1v) is 6.17. The number of amides is 1. The number of pyridine rings is 1. The van der Waals surface area contributed by atoms with Gasteiger partial charge in [0, 0.05) is 18.9 Å². The Morgan fingerprint density at radius 2 is 2.05 bits per heavy atom. The van der Waals surface area contributed by atoms with Gasteiger partial charge in [0.2, 0.25) is 5.91 Å². The van der Waals surface area contributed by atoms with E-state index in [0.717, 1.165) is 11.4 Å². The topological polar surface area (TPSA) is 71.2 Å². The highest BCUT2D eigenvalue weighted by atomic mass is 16.3. The molecule has 0 spiro atoms. The molecule has 0 aliphatic carbocycles. The van der Waals surface area contributed by atoms with E-state index in [0.29, 0.717) is 13.0 Å². The Bertz CT molecular complexity index is 581. The van der Waals surface area contributed by atoms with Crippen molar-refractivity contribution in [3.8, 4) is 5.69 Å². The molecule has 1 unspecified atom stereocenters. The summed E-state index contributed by atoms with van der Waals surface area (Å²) in [7, 11) is 0. The van der Waals surface area contributed by atoms with Crippen molar-refractivity contribution in [2.75, 3.05) is 11.4 Å². The summed E-state index contributed by atoms with van der Waals surface area (Å²) in [4.78, 5) is 17.5. The van der Waals surface area contributed by atoms with Gasteiger partial charge in [0.15, 0.2) is 0 Å². The zero-order valence-electron chi connectivity index (χ0n) is 10.3. The molecule has 0 bridgehead atoms. The molecule has 1 aliphatic heterocycles. The molecule has 0 radical (unpaired) electrons. The molecule has 0 saturated carbocycles. The summed E-state index contributed by atoms with van der Waals surface area (Å²) in [6.07, 6.45) is 7.13. The van der Waals surface area contributed by atoms with Crippen LogP contribution in [0.2, 0.25) is 0 Å². The minimum absolute atomic E-state index is 0.0620. The van der Waals surface area contributed by atoms with Crippen LogP contribution in [-0.2, 0) is 4.79 Å². The van der Waals surface area contributed by atoms with E-state index in [1.807, 2.05) is 18.3 Å². The van der Waals surface area contributed by atoms with Crippen molar-refractivity contribution in [1.82, 2.24) is 14.8 Å². The van der Waals surface area contributed by atoms with Crippen molar-refractivity contribution in [1.29, 1.82) is 0 Å². The quantitative estimate of drug-likeness (QED) is 0.863. The number of anilines is 1. The zero-order chi connectivity index (χ0) is 13.2. The monoisotopic (exact) mass is 258 g/mol. The Balaban J connectivity index is 1.84. The molecule has 1 amide bonds. The third-order valence-electron chi connectivity index (χ3n) is 3.21. The number of carbonyl (C=O) groups excluding carboxylic acids is 1. The van der Waals surface area contributed by atoms with Crippen molar-refractivity contribution in [2.45, 2.75) is 18.9 Å². The van der Waals surface area contributed by atoms with Crippen LogP contribution in [0.5, 0.6) is 0 Å². The predicted molar refractivity (Wildman–Crippen MR) is 69.0 cm³/mol. The molecule has 3 rings (SSSR count). The fourth-order valence-corrected chi connectivity index (χ4v) is 2.18. The summed E-state index contributed by atoms with van der Waals surface area (Å²) in [6, 6.07) is 3.69. The van der Waals surface area contributed by atoms with Gasteiger partial charge in [-0.05, 0) is 18.6 Å². The van der Waals surface area contributed by atoms with E-state index in [-0.39, 0.29) is 12.3 Å². The zero-order valence-corrected chi connectivity index (χ0v) is 10.3. The average molecular weight is 258 g/mol. The molecular weight excluding hydrogens is 244 g/mol. The van der Waals surface area contributed by atoms with Crippen molar-refractivity contribution in [2.24, 2.45) is 0 Å². The number of aliphatic hydroxyl groups is 1. The molecule has 0 aromatic carbocycles. The molecule has 19 heavy (non-hydrogen) atoms. The SMILES string of the molecule is O=C1CC(O)CCN1c1cnn(-c2ccncc2)c1. The summed E-state index contributed by atoms with van der Waals surface area (Å²) in [5.74, 6) is -0.0620. The molecule has 2 aromatic heterocycles. The Morgan fingerprint density at radius 1 is 1.26 bits per heavy atom. The van der Waals surface area contributed by atoms with Crippen LogP contribution in [0.25, 0.3) is 5.69 Å². The first-order valence-electron chi connectivity index (χ1n) is 6.17. The van der Waals surface area contributed by atoms with Crippen LogP contribution in [0.3, 0.4) is 0 Å². The normalized spacial score (nSPS) is 19.7. The molecule has 6 heteroatoms. The van der Waals surface area contributed by atoms with Crippen LogP contribution in [0.15, 0.2) is 36.9 Å². The number of aromatic nitrogens is 3. The van der Waals surface area contributed by atoms with Gasteiger partial charge < -0.3 is 10.0 Å². The lowest BCUT2D eigenvalue weighted by atomic mass is 10.1. The minimum atomic E-state index is -0.515. The lowest BCUT2D eigenvalue weighted by Crippen LogP contribution is -2.40. The second kappa shape index (κ2) is 4.81. The number of hydrogen-bond donors (Lipinski definition) is 1. The van der Waals surface area contributed by atoms with E-state index >= 15 is 0 Å². The van der Waals surface area contributed by atoms with E-state index < -0.39 is 6.10 Å². The third-order valence-corrected chi connectivity index (χ3v) is 3.21. The molecule has 1 fully saturated rings. The molecule has 1 N–H and O–H groups in total. The Kier molecular flexibility index (Phi) is 3.00.